The molecular formula is C14H19ClFNO. The first-order chi connectivity index (χ1) is 8.63. The molecule has 1 saturated carbocycles. The maximum atomic E-state index is 13.2. The lowest BCUT2D eigenvalue weighted by Gasteiger charge is -2.36. The van der Waals surface area contributed by atoms with E-state index in [0.717, 1.165) is 31.2 Å². The van der Waals surface area contributed by atoms with Crippen LogP contribution in [0.3, 0.4) is 0 Å². The predicted molar refractivity (Wildman–Crippen MR) is 71.2 cm³/mol. The molecule has 2 N–H and O–H groups in total. The fourth-order valence-corrected chi connectivity index (χ4v) is 2.87. The third-order valence-corrected chi connectivity index (χ3v) is 3.92. The summed E-state index contributed by atoms with van der Waals surface area (Å²) in [5.74, 6) is -0.319. The van der Waals surface area contributed by atoms with Crippen LogP contribution in [0.15, 0.2) is 18.2 Å². The summed E-state index contributed by atoms with van der Waals surface area (Å²) in [7, 11) is 0. The number of benzene rings is 1. The summed E-state index contributed by atoms with van der Waals surface area (Å²) >= 11 is 5.82. The Hall–Kier alpha value is -0.640. The number of rotatable bonds is 4. The Labute approximate surface area is 112 Å². The third-order valence-electron chi connectivity index (χ3n) is 3.70. The molecule has 0 radical (unpaired) electrons. The molecule has 0 amide bonds. The van der Waals surface area contributed by atoms with Crippen molar-refractivity contribution in [3.63, 3.8) is 0 Å². The van der Waals surface area contributed by atoms with Gasteiger partial charge in [0.1, 0.15) is 5.82 Å². The predicted octanol–water partition coefficient (Wildman–Crippen LogP) is 3.26. The number of aliphatic hydroxyl groups is 1. The van der Waals surface area contributed by atoms with Crippen LogP contribution in [0, 0.1) is 5.82 Å². The average molecular weight is 272 g/mol. The molecule has 1 aromatic rings. The van der Waals surface area contributed by atoms with Crippen molar-refractivity contribution in [2.24, 2.45) is 0 Å². The van der Waals surface area contributed by atoms with Crippen LogP contribution in [0.2, 0.25) is 5.02 Å². The maximum Gasteiger partial charge on any atom is 0.125 e. The summed E-state index contributed by atoms with van der Waals surface area (Å²) in [4.78, 5) is 0. The van der Waals surface area contributed by atoms with Gasteiger partial charge in [0, 0.05) is 17.1 Å². The molecule has 0 atom stereocenters. The van der Waals surface area contributed by atoms with Gasteiger partial charge in [-0.15, -0.1) is 0 Å². The fraction of sp³-hybridized carbons (Fsp3) is 0.571. The van der Waals surface area contributed by atoms with E-state index in [0.29, 0.717) is 11.6 Å². The van der Waals surface area contributed by atoms with E-state index in [9.17, 15) is 9.50 Å². The number of nitrogens with one attached hydrogen (secondary N) is 1. The van der Waals surface area contributed by atoms with Gasteiger partial charge in [0.15, 0.2) is 0 Å². The highest BCUT2D eigenvalue weighted by Crippen LogP contribution is 2.28. The van der Waals surface area contributed by atoms with Crippen LogP contribution in [0.4, 0.5) is 4.39 Å². The summed E-state index contributed by atoms with van der Waals surface area (Å²) in [6.45, 7) is 0.675. The summed E-state index contributed by atoms with van der Waals surface area (Å²) < 4.78 is 13.2. The van der Waals surface area contributed by atoms with E-state index in [4.69, 9.17) is 11.6 Å². The van der Waals surface area contributed by atoms with Crippen LogP contribution in [-0.4, -0.2) is 17.3 Å². The van der Waals surface area contributed by atoms with Gasteiger partial charge in [-0.05, 0) is 36.6 Å². The zero-order valence-electron chi connectivity index (χ0n) is 10.4. The Kier molecular flexibility index (Phi) is 4.60. The quantitative estimate of drug-likeness (QED) is 0.881. The van der Waals surface area contributed by atoms with Crippen molar-refractivity contribution in [1.29, 1.82) is 0 Å². The lowest BCUT2D eigenvalue weighted by molar-refractivity contribution is 0.119. The molecule has 0 bridgehead atoms. The molecule has 0 spiro atoms. The molecule has 0 aliphatic heterocycles. The van der Waals surface area contributed by atoms with Crippen molar-refractivity contribution < 1.29 is 9.50 Å². The van der Waals surface area contributed by atoms with E-state index < -0.39 is 0 Å². The van der Waals surface area contributed by atoms with E-state index in [1.807, 2.05) is 0 Å². The van der Waals surface area contributed by atoms with Crippen molar-refractivity contribution >= 4 is 11.6 Å². The highest BCUT2D eigenvalue weighted by Gasteiger charge is 2.30. The van der Waals surface area contributed by atoms with Gasteiger partial charge in [0.25, 0.3) is 0 Å². The lowest BCUT2D eigenvalue weighted by Crippen LogP contribution is -2.49. The average Bonchev–Trinajstić information content (AvgIpc) is 2.36. The second kappa shape index (κ2) is 6.00. The summed E-state index contributed by atoms with van der Waals surface area (Å²) in [6.07, 6.45) is 5.46. The van der Waals surface area contributed by atoms with Crippen molar-refractivity contribution in [2.75, 3.05) is 6.61 Å². The molecule has 0 aromatic heterocycles. The summed E-state index contributed by atoms with van der Waals surface area (Å²) in [6, 6.07) is 4.53. The van der Waals surface area contributed by atoms with E-state index in [-0.39, 0.29) is 18.0 Å². The topological polar surface area (TPSA) is 32.3 Å². The highest BCUT2D eigenvalue weighted by atomic mass is 35.5. The minimum Gasteiger partial charge on any atom is -0.394 e. The zero-order valence-corrected chi connectivity index (χ0v) is 11.1. The van der Waals surface area contributed by atoms with Crippen LogP contribution in [0.1, 0.15) is 37.7 Å². The maximum absolute atomic E-state index is 13.2. The van der Waals surface area contributed by atoms with Crippen LogP contribution in [-0.2, 0) is 6.54 Å². The minimum absolute atomic E-state index is 0.135. The first-order valence-corrected chi connectivity index (χ1v) is 6.82. The smallest absolute Gasteiger partial charge is 0.125 e. The largest absolute Gasteiger partial charge is 0.394 e. The van der Waals surface area contributed by atoms with Gasteiger partial charge < -0.3 is 10.4 Å². The van der Waals surface area contributed by atoms with Crippen molar-refractivity contribution in [2.45, 2.75) is 44.2 Å². The van der Waals surface area contributed by atoms with Crippen LogP contribution in [0.5, 0.6) is 0 Å². The first kappa shape index (κ1) is 13.8. The van der Waals surface area contributed by atoms with Gasteiger partial charge in [-0.3, -0.25) is 0 Å². The Morgan fingerprint density at radius 3 is 2.56 bits per heavy atom. The molecule has 2 nitrogen and oxygen atoms in total. The van der Waals surface area contributed by atoms with E-state index in [1.165, 1.54) is 18.6 Å². The van der Waals surface area contributed by atoms with Crippen molar-refractivity contribution in [1.82, 2.24) is 5.32 Å². The minimum atomic E-state index is -0.319. The molecule has 0 saturated heterocycles. The number of halogens is 2. The monoisotopic (exact) mass is 271 g/mol. The Morgan fingerprint density at radius 1 is 1.22 bits per heavy atom. The Bertz CT molecular complexity index is 385. The van der Waals surface area contributed by atoms with Gasteiger partial charge in [-0.25, -0.2) is 4.39 Å². The SMILES string of the molecule is OCC1(NCc2cc(F)cc(Cl)c2)CCCCC1. The van der Waals surface area contributed by atoms with Crippen molar-refractivity contribution in [3.8, 4) is 0 Å². The first-order valence-electron chi connectivity index (χ1n) is 6.44. The molecule has 4 heteroatoms. The number of hydrogen-bond acceptors (Lipinski definition) is 2. The second-order valence-corrected chi connectivity index (χ2v) is 5.57. The standard InChI is InChI=1S/C14H19ClFNO/c15-12-6-11(7-13(16)8-12)9-17-14(10-18)4-2-1-3-5-14/h6-8,17-18H,1-5,9-10H2. The lowest BCUT2D eigenvalue weighted by atomic mass is 9.82. The molecule has 0 unspecified atom stereocenters. The number of aliphatic hydroxyl groups excluding tert-OH is 1. The van der Waals surface area contributed by atoms with Crippen LogP contribution >= 0.6 is 11.6 Å². The zero-order chi connectivity index (χ0) is 13.0. The fourth-order valence-electron chi connectivity index (χ4n) is 2.62. The van der Waals surface area contributed by atoms with E-state index in [2.05, 4.69) is 5.32 Å². The molecule has 1 aliphatic rings. The Balaban J connectivity index is 2.00. The van der Waals surface area contributed by atoms with Crippen molar-refractivity contribution in [3.05, 3.63) is 34.6 Å². The van der Waals surface area contributed by atoms with Gasteiger partial charge >= 0.3 is 0 Å². The Morgan fingerprint density at radius 2 is 1.94 bits per heavy atom. The third kappa shape index (κ3) is 3.44. The van der Waals surface area contributed by atoms with Crippen LogP contribution in [0.25, 0.3) is 0 Å². The van der Waals surface area contributed by atoms with Gasteiger partial charge in [-0.1, -0.05) is 30.9 Å². The molecule has 2 rings (SSSR count). The van der Waals surface area contributed by atoms with Gasteiger partial charge in [0.2, 0.25) is 0 Å². The molecule has 100 valence electrons. The second-order valence-electron chi connectivity index (χ2n) is 5.13. The molecule has 1 fully saturated rings. The molecule has 1 aliphatic carbocycles. The van der Waals surface area contributed by atoms with Gasteiger partial charge in [-0.2, -0.15) is 0 Å². The summed E-state index contributed by atoms with van der Waals surface area (Å²) in [5, 5.41) is 13.4. The van der Waals surface area contributed by atoms with E-state index in [1.54, 1.807) is 6.07 Å². The molecule has 0 heterocycles. The number of hydrogen-bond donors (Lipinski definition) is 2. The highest BCUT2D eigenvalue weighted by molar-refractivity contribution is 6.30. The molecule has 18 heavy (non-hydrogen) atoms. The van der Waals surface area contributed by atoms with E-state index >= 15 is 0 Å². The van der Waals surface area contributed by atoms with Gasteiger partial charge in [0.05, 0.1) is 6.61 Å². The van der Waals surface area contributed by atoms with Crippen LogP contribution < -0.4 is 5.32 Å². The normalized spacial score (nSPS) is 18.8. The summed E-state index contributed by atoms with van der Waals surface area (Å²) in [5.41, 5.74) is 0.621. The molecule has 1 aromatic carbocycles. The molecular weight excluding hydrogens is 253 g/mol.